The summed E-state index contributed by atoms with van der Waals surface area (Å²) >= 11 is 0. The molecule has 1 fully saturated rings. The van der Waals surface area contributed by atoms with E-state index < -0.39 is 5.54 Å². The minimum absolute atomic E-state index is 0.156. The van der Waals surface area contributed by atoms with E-state index in [2.05, 4.69) is 21.5 Å². The molecule has 1 aromatic rings. The fourth-order valence-electron chi connectivity index (χ4n) is 2.39. The van der Waals surface area contributed by atoms with Gasteiger partial charge in [-0.1, -0.05) is 6.92 Å². The van der Waals surface area contributed by atoms with Crippen molar-refractivity contribution in [3.63, 3.8) is 0 Å². The summed E-state index contributed by atoms with van der Waals surface area (Å²) in [5.41, 5.74) is -0.446. The van der Waals surface area contributed by atoms with Crippen LogP contribution in [0.2, 0.25) is 0 Å². The molecular weight excluding hydrogens is 216 g/mol. The molecule has 0 amide bonds. The summed E-state index contributed by atoms with van der Waals surface area (Å²) in [7, 11) is 0. The average Bonchev–Trinajstić information content (AvgIpc) is 2.96. The second kappa shape index (κ2) is 4.52. The van der Waals surface area contributed by atoms with Gasteiger partial charge in [-0.3, -0.25) is 5.32 Å². The summed E-state index contributed by atoms with van der Waals surface area (Å²) in [6.07, 6.45) is 3.98. The van der Waals surface area contributed by atoms with Gasteiger partial charge in [0.2, 0.25) is 0 Å². The Bertz CT molecular complexity index is 479. The van der Waals surface area contributed by atoms with Crippen molar-refractivity contribution in [2.24, 2.45) is 0 Å². The number of nitriles is 2. The Hall–Kier alpha value is -1.92. The zero-order valence-corrected chi connectivity index (χ0v) is 9.72. The number of hydrogen-bond acceptors (Lipinski definition) is 5. The molecule has 1 saturated carbocycles. The molecule has 88 valence electrons. The van der Waals surface area contributed by atoms with Crippen LogP contribution >= 0.6 is 0 Å². The molecule has 0 radical (unpaired) electrons. The monoisotopic (exact) mass is 230 g/mol. The van der Waals surface area contributed by atoms with E-state index in [4.69, 9.17) is 5.26 Å². The highest BCUT2D eigenvalue weighted by molar-refractivity contribution is 5.13. The molecule has 6 nitrogen and oxygen atoms in total. The molecule has 0 spiro atoms. The highest BCUT2D eigenvalue weighted by Crippen LogP contribution is 2.36. The lowest BCUT2D eigenvalue weighted by Crippen LogP contribution is -2.41. The predicted octanol–water partition coefficient (Wildman–Crippen LogP) is 0.747. The van der Waals surface area contributed by atoms with Crippen LogP contribution in [-0.4, -0.2) is 26.8 Å². The zero-order valence-electron chi connectivity index (χ0n) is 9.72. The average molecular weight is 230 g/mol. The second-order valence-corrected chi connectivity index (χ2v) is 4.28. The predicted molar refractivity (Wildman–Crippen MR) is 59.6 cm³/mol. The van der Waals surface area contributed by atoms with Crippen molar-refractivity contribution in [2.45, 2.75) is 37.8 Å². The van der Waals surface area contributed by atoms with E-state index in [9.17, 15) is 5.26 Å². The van der Waals surface area contributed by atoms with Crippen LogP contribution in [0, 0.1) is 22.7 Å². The van der Waals surface area contributed by atoms with Crippen LogP contribution < -0.4 is 5.32 Å². The van der Waals surface area contributed by atoms with Gasteiger partial charge in [-0.2, -0.15) is 10.5 Å². The molecule has 0 saturated heterocycles. The second-order valence-electron chi connectivity index (χ2n) is 4.28. The van der Waals surface area contributed by atoms with Crippen molar-refractivity contribution in [2.75, 3.05) is 6.54 Å². The van der Waals surface area contributed by atoms with Gasteiger partial charge in [0.25, 0.3) is 5.82 Å². The van der Waals surface area contributed by atoms with E-state index in [1.54, 1.807) is 11.0 Å². The lowest BCUT2D eigenvalue weighted by atomic mass is 9.99. The largest absolute Gasteiger partial charge is 0.300 e. The van der Waals surface area contributed by atoms with Crippen LogP contribution in [-0.2, 0) is 0 Å². The zero-order chi connectivity index (χ0) is 12.3. The van der Waals surface area contributed by atoms with Gasteiger partial charge in [-0.05, 0) is 19.4 Å². The van der Waals surface area contributed by atoms with E-state index in [1.807, 2.05) is 13.0 Å². The van der Waals surface area contributed by atoms with Crippen LogP contribution in [0.5, 0.6) is 0 Å². The molecule has 17 heavy (non-hydrogen) atoms. The number of rotatable bonds is 3. The number of aromatic nitrogens is 3. The smallest absolute Gasteiger partial charge is 0.252 e. The Morgan fingerprint density at radius 1 is 1.65 bits per heavy atom. The van der Waals surface area contributed by atoms with Gasteiger partial charge in [0, 0.05) is 6.42 Å². The van der Waals surface area contributed by atoms with Gasteiger partial charge in [0.15, 0.2) is 0 Å². The minimum Gasteiger partial charge on any atom is -0.300 e. The van der Waals surface area contributed by atoms with E-state index in [1.165, 1.54) is 0 Å². The van der Waals surface area contributed by atoms with Crippen molar-refractivity contribution >= 4 is 0 Å². The normalized spacial score (nSPS) is 27.6. The van der Waals surface area contributed by atoms with Crippen molar-refractivity contribution in [1.82, 2.24) is 20.1 Å². The molecule has 1 aromatic heterocycles. The molecule has 1 aliphatic rings. The molecule has 0 bridgehead atoms. The van der Waals surface area contributed by atoms with Gasteiger partial charge in [-0.25, -0.2) is 9.67 Å². The Kier molecular flexibility index (Phi) is 3.08. The van der Waals surface area contributed by atoms with E-state index in [-0.39, 0.29) is 11.9 Å². The summed E-state index contributed by atoms with van der Waals surface area (Å²) < 4.78 is 1.70. The number of hydrogen-bond donors (Lipinski definition) is 1. The third kappa shape index (κ3) is 2.13. The van der Waals surface area contributed by atoms with E-state index in [0.717, 1.165) is 19.4 Å². The SMILES string of the molecule is CCNC1(C#N)CCC(n2cnc(C#N)n2)C1. The topological polar surface area (TPSA) is 90.3 Å². The fourth-order valence-corrected chi connectivity index (χ4v) is 2.39. The van der Waals surface area contributed by atoms with Gasteiger partial charge >= 0.3 is 0 Å². The lowest BCUT2D eigenvalue weighted by Gasteiger charge is -2.21. The highest BCUT2D eigenvalue weighted by atomic mass is 15.3. The Balaban J connectivity index is 2.12. The fraction of sp³-hybridized carbons (Fsp3) is 0.636. The molecule has 1 N–H and O–H groups in total. The van der Waals surface area contributed by atoms with Crippen LogP contribution in [0.15, 0.2) is 6.33 Å². The minimum atomic E-state index is -0.446. The summed E-state index contributed by atoms with van der Waals surface area (Å²) in [5, 5.41) is 25.2. The summed E-state index contributed by atoms with van der Waals surface area (Å²) in [6, 6.07) is 4.42. The maximum absolute atomic E-state index is 9.25. The molecular formula is C11H14N6. The molecule has 0 aromatic carbocycles. The van der Waals surface area contributed by atoms with Crippen LogP contribution in [0.4, 0.5) is 0 Å². The third-order valence-corrected chi connectivity index (χ3v) is 3.20. The molecule has 2 rings (SSSR count). The van der Waals surface area contributed by atoms with Gasteiger partial charge in [0.1, 0.15) is 17.9 Å². The maximum Gasteiger partial charge on any atom is 0.252 e. The van der Waals surface area contributed by atoms with Gasteiger partial charge in [-0.15, -0.1) is 5.10 Å². The first-order chi connectivity index (χ1) is 8.23. The first-order valence-corrected chi connectivity index (χ1v) is 5.70. The van der Waals surface area contributed by atoms with Crippen molar-refractivity contribution < 1.29 is 0 Å². The summed E-state index contributed by atoms with van der Waals surface area (Å²) in [5.74, 6) is 0.183. The number of nitrogens with one attached hydrogen (secondary N) is 1. The van der Waals surface area contributed by atoms with Crippen LogP contribution in [0.25, 0.3) is 0 Å². The first-order valence-electron chi connectivity index (χ1n) is 5.70. The third-order valence-electron chi connectivity index (χ3n) is 3.20. The standard InChI is InChI=1S/C11H14N6/c1-2-15-11(7-13)4-3-9(5-11)17-8-14-10(6-12)16-17/h8-9,15H,2-5H2,1H3. The molecule has 0 aliphatic heterocycles. The Morgan fingerprint density at radius 3 is 3.06 bits per heavy atom. The lowest BCUT2D eigenvalue weighted by molar-refractivity contribution is 0.394. The molecule has 2 atom stereocenters. The first kappa shape index (κ1) is 11.6. The molecule has 1 heterocycles. The Labute approximate surface area is 99.9 Å². The maximum atomic E-state index is 9.25. The van der Waals surface area contributed by atoms with Crippen molar-refractivity contribution in [1.29, 1.82) is 10.5 Å². The molecule has 6 heteroatoms. The van der Waals surface area contributed by atoms with Crippen LogP contribution in [0.3, 0.4) is 0 Å². The van der Waals surface area contributed by atoms with E-state index in [0.29, 0.717) is 6.42 Å². The summed E-state index contributed by atoms with van der Waals surface area (Å²) in [4.78, 5) is 3.89. The molecule has 2 unspecified atom stereocenters. The van der Waals surface area contributed by atoms with E-state index >= 15 is 0 Å². The number of nitrogens with zero attached hydrogens (tertiary/aromatic N) is 5. The molecule has 1 aliphatic carbocycles. The van der Waals surface area contributed by atoms with Crippen molar-refractivity contribution in [3.05, 3.63) is 12.2 Å². The summed E-state index contributed by atoms with van der Waals surface area (Å²) in [6.45, 7) is 2.77. The Morgan fingerprint density at radius 2 is 2.47 bits per heavy atom. The highest BCUT2D eigenvalue weighted by Gasteiger charge is 2.39. The quantitative estimate of drug-likeness (QED) is 0.827. The van der Waals surface area contributed by atoms with Gasteiger partial charge < -0.3 is 0 Å². The van der Waals surface area contributed by atoms with Crippen LogP contribution in [0.1, 0.15) is 38.1 Å². The van der Waals surface area contributed by atoms with Crippen molar-refractivity contribution in [3.8, 4) is 12.1 Å². The van der Waals surface area contributed by atoms with Gasteiger partial charge in [0.05, 0.1) is 12.1 Å².